The number of benzene rings is 1. The van der Waals surface area contributed by atoms with Crippen molar-refractivity contribution < 1.29 is 14.6 Å². The van der Waals surface area contributed by atoms with Crippen molar-refractivity contribution in [3.8, 4) is 0 Å². The van der Waals surface area contributed by atoms with Gasteiger partial charge in [0.15, 0.2) is 0 Å². The molecule has 110 valence electrons. The average molecular weight is 389 g/mol. The molecule has 0 radical (unpaired) electrons. The van der Waals surface area contributed by atoms with Crippen LogP contribution in [0.3, 0.4) is 0 Å². The molecule has 0 spiro atoms. The van der Waals surface area contributed by atoms with Crippen LogP contribution < -0.4 is 5.32 Å². The van der Waals surface area contributed by atoms with Crippen LogP contribution in [0.1, 0.15) is 31.7 Å². The molecule has 0 saturated heterocycles. The van der Waals surface area contributed by atoms with Gasteiger partial charge in [0, 0.05) is 16.6 Å². The van der Waals surface area contributed by atoms with Gasteiger partial charge in [-0.05, 0) is 47.1 Å². The van der Waals surface area contributed by atoms with Crippen molar-refractivity contribution in [3.05, 3.63) is 33.4 Å². The highest BCUT2D eigenvalue weighted by atomic mass is 127. The maximum Gasteiger partial charge on any atom is 0.405 e. The predicted octanol–water partition coefficient (Wildman–Crippen LogP) is 3.59. The van der Waals surface area contributed by atoms with Gasteiger partial charge in [-0.1, -0.05) is 31.5 Å². The number of rotatable bonds is 6. The van der Waals surface area contributed by atoms with E-state index in [2.05, 4.69) is 34.8 Å². The molecule has 0 heterocycles. The highest BCUT2D eigenvalue weighted by Gasteiger charge is 2.60. The van der Waals surface area contributed by atoms with Crippen LogP contribution in [0, 0.1) is 9.49 Å². The number of ether oxygens (including phenoxy) is 1. The Hall–Kier alpha value is -0.820. The summed E-state index contributed by atoms with van der Waals surface area (Å²) in [6.07, 6.45) is 1.91. The largest absolute Gasteiger partial charge is 0.465 e. The van der Waals surface area contributed by atoms with Crippen molar-refractivity contribution >= 4 is 28.7 Å². The second kappa shape index (κ2) is 6.30. The van der Waals surface area contributed by atoms with E-state index in [0.717, 1.165) is 28.4 Å². The van der Waals surface area contributed by atoms with E-state index in [1.165, 1.54) is 0 Å². The lowest BCUT2D eigenvalue weighted by molar-refractivity contribution is 0.0669. The molecule has 1 aliphatic carbocycles. The lowest BCUT2D eigenvalue weighted by atomic mass is 9.98. The first-order valence-electron chi connectivity index (χ1n) is 6.84. The molecule has 2 rings (SSSR count). The fourth-order valence-corrected chi connectivity index (χ4v) is 3.91. The first-order chi connectivity index (χ1) is 9.55. The summed E-state index contributed by atoms with van der Waals surface area (Å²) in [4.78, 5) is 11.2. The Morgan fingerprint density at radius 1 is 1.60 bits per heavy atom. The molecule has 20 heavy (non-hydrogen) atoms. The number of carboxylic acid groups (broad SMARTS) is 1. The third-order valence-electron chi connectivity index (χ3n) is 4.02. The van der Waals surface area contributed by atoms with Crippen molar-refractivity contribution in [1.29, 1.82) is 0 Å². The molecular weight excluding hydrogens is 369 g/mol. The molecule has 0 aliphatic heterocycles. The van der Waals surface area contributed by atoms with Crippen molar-refractivity contribution in [1.82, 2.24) is 5.32 Å². The first kappa shape index (κ1) is 15.6. The average Bonchev–Trinajstić information content (AvgIpc) is 3.10. The molecule has 1 saturated carbocycles. The summed E-state index contributed by atoms with van der Waals surface area (Å²) < 4.78 is 6.67. The van der Waals surface area contributed by atoms with E-state index in [9.17, 15) is 9.90 Å². The highest BCUT2D eigenvalue weighted by Crippen LogP contribution is 2.56. The molecule has 1 fully saturated rings. The number of methoxy groups -OCH3 is 1. The quantitative estimate of drug-likeness (QED) is 0.732. The maximum atomic E-state index is 11.2. The number of hydrogen-bond donors (Lipinski definition) is 2. The van der Waals surface area contributed by atoms with Crippen LogP contribution in [-0.4, -0.2) is 24.4 Å². The molecule has 4 nitrogen and oxygen atoms in total. The third-order valence-corrected chi connectivity index (χ3v) is 4.96. The summed E-state index contributed by atoms with van der Waals surface area (Å²) in [5.41, 5.74) is 0.575. The van der Waals surface area contributed by atoms with Crippen molar-refractivity contribution in [2.75, 3.05) is 7.11 Å². The molecule has 1 aliphatic rings. The Morgan fingerprint density at radius 3 is 2.85 bits per heavy atom. The van der Waals surface area contributed by atoms with Crippen LogP contribution in [0.2, 0.25) is 0 Å². The van der Waals surface area contributed by atoms with E-state index in [1.807, 2.05) is 24.3 Å². The van der Waals surface area contributed by atoms with Gasteiger partial charge >= 0.3 is 6.09 Å². The Morgan fingerprint density at radius 2 is 2.30 bits per heavy atom. The zero-order valence-corrected chi connectivity index (χ0v) is 13.9. The van der Waals surface area contributed by atoms with Gasteiger partial charge in [-0.3, -0.25) is 0 Å². The summed E-state index contributed by atoms with van der Waals surface area (Å²) in [5, 5.41) is 11.9. The number of amides is 1. The smallest absolute Gasteiger partial charge is 0.405 e. The third kappa shape index (κ3) is 2.93. The van der Waals surface area contributed by atoms with Crippen LogP contribution in [0.15, 0.2) is 24.3 Å². The van der Waals surface area contributed by atoms with E-state index < -0.39 is 11.6 Å². The summed E-state index contributed by atoms with van der Waals surface area (Å²) in [6, 6.07) is 7.95. The van der Waals surface area contributed by atoms with E-state index >= 15 is 0 Å². The fraction of sp³-hybridized carbons (Fsp3) is 0.533. The predicted molar refractivity (Wildman–Crippen MR) is 85.8 cm³/mol. The van der Waals surface area contributed by atoms with Gasteiger partial charge in [-0.2, -0.15) is 0 Å². The number of hydrogen-bond acceptors (Lipinski definition) is 2. The minimum atomic E-state index is -0.974. The van der Waals surface area contributed by atoms with E-state index in [0.29, 0.717) is 0 Å². The zero-order valence-electron chi connectivity index (χ0n) is 11.7. The zero-order chi connectivity index (χ0) is 14.8. The summed E-state index contributed by atoms with van der Waals surface area (Å²) in [7, 11) is 1.71. The molecule has 0 bridgehead atoms. The second-order valence-electron chi connectivity index (χ2n) is 5.25. The first-order valence-corrected chi connectivity index (χ1v) is 7.92. The Bertz CT molecular complexity index is 494. The fourth-order valence-electron chi connectivity index (χ4n) is 3.04. The minimum Gasteiger partial charge on any atom is -0.465 e. The van der Waals surface area contributed by atoms with Crippen molar-refractivity contribution in [2.45, 2.75) is 37.8 Å². The lowest BCUT2D eigenvalue weighted by Crippen LogP contribution is -2.38. The Kier molecular flexibility index (Phi) is 4.90. The SMILES string of the molecule is CCCC(OC)C1CC1(NC(=O)O)c1ccccc1I. The van der Waals surface area contributed by atoms with Gasteiger partial charge < -0.3 is 15.2 Å². The molecule has 3 atom stereocenters. The highest BCUT2D eigenvalue weighted by molar-refractivity contribution is 14.1. The van der Waals surface area contributed by atoms with Crippen LogP contribution in [-0.2, 0) is 10.3 Å². The van der Waals surface area contributed by atoms with Crippen molar-refractivity contribution in [2.24, 2.45) is 5.92 Å². The van der Waals surface area contributed by atoms with Gasteiger partial charge in [-0.15, -0.1) is 0 Å². The van der Waals surface area contributed by atoms with Crippen LogP contribution in [0.25, 0.3) is 0 Å². The molecule has 1 amide bonds. The Labute approximate surface area is 133 Å². The summed E-state index contributed by atoms with van der Waals surface area (Å²) in [6.45, 7) is 2.12. The molecule has 0 aromatic heterocycles. The number of carbonyl (C=O) groups is 1. The molecule has 2 N–H and O–H groups in total. The van der Waals surface area contributed by atoms with Gasteiger partial charge in [0.2, 0.25) is 0 Å². The van der Waals surface area contributed by atoms with Gasteiger partial charge in [-0.25, -0.2) is 4.79 Å². The Balaban J connectivity index is 2.31. The second-order valence-corrected chi connectivity index (χ2v) is 6.42. The van der Waals surface area contributed by atoms with E-state index in [4.69, 9.17) is 4.74 Å². The molecule has 1 aromatic carbocycles. The summed E-state index contributed by atoms with van der Waals surface area (Å²) >= 11 is 2.27. The van der Waals surface area contributed by atoms with Gasteiger partial charge in [0.25, 0.3) is 0 Å². The molecular formula is C15H20INO3. The number of nitrogens with one attached hydrogen (secondary N) is 1. The molecule has 3 unspecified atom stereocenters. The standard InChI is InChI=1S/C15H20INO3/c1-3-6-13(20-2)11-9-15(11,17-14(18)19)10-7-4-5-8-12(10)16/h4-5,7-8,11,13,17H,3,6,9H2,1-2H3,(H,18,19). The normalized spacial score (nSPS) is 26.1. The maximum absolute atomic E-state index is 11.2. The van der Waals surface area contributed by atoms with Gasteiger partial charge in [0.1, 0.15) is 0 Å². The molecule has 1 aromatic rings. The summed E-state index contributed by atoms with van der Waals surface area (Å²) in [5.74, 6) is 0.208. The topological polar surface area (TPSA) is 58.6 Å². The number of halogens is 1. The van der Waals surface area contributed by atoms with Crippen LogP contribution in [0.4, 0.5) is 4.79 Å². The van der Waals surface area contributed by atoms with E-state index in [-0.39, 0.29) is 12.0 Å². The lowest BCUT2D eigenvalue weighted by Gasteiger charge is -2.23. The monoisotopic (exact) mass is 389 g/mol. The van der Waals surface area contributed by atoms with Crippen LogP contribution >= 0.6 is 22.6 Å². The molecule has 5 heteroatoms. The van der Waals surface area contributed by atoms with Crippen molar-refractivity contribution in [3.63, 3.8) is 0 Å². The van der Waals surface area contributed by atoms with E-state index in [1.54, 1.807) is 7.11 Å². The minimum absolute atomic E-state index is 0.0999. The van der Waals surface area contributed by atoms with Crippen LogP contribution in [0.5, 0.6) is 0 Å². The van der Waals surface area contributed by atoms with Gasteiger partial charge in [0.05, 0.1) is 11.6 Å².